The van der Waals surface area contributed by atoms with Gasteiger partial charge in [-0.15, -0.1) is 0 Å². The molecule has 0 aliphatic rings. The first-order valence-electron chi connectivity index (χ1n) is 6.56. The van der Waals surface area contributed by atoms with Crippen LogP contribution in [0.2, 0.25) is 5.02 Å². The third-order valence-electron chi connectivity index (χ3n) is 2.92. The Hall–Kier alpha value is -1.51. The summed E-state index contributed by atoms with van der Waals surface area (Å²) < 4.78 is 5.80. The summed E-state index contributed by atoms with van der Waals surface area (Å²) in [6, 6.07) is 16.0. The van der Waals surface area contributed by atoms with E-state index in [1.165, 1.54) is 5.56 Å². The van der Waals surface area contributed by atoms with Gasteiger partial charge in [-0.1, -0.05) is 41.9 Å². The Kier molecular flexibility index (Phi) is 5.25. The van der Waals surface area contributed by atoms with E-state index < -0.39 is 0 Å². The number of benzene rings is 2. The van der Waals surface area contributed by atoms with Crippen molar-refractivity contribution in [3.8, 4) is 5.75 Å². The van der Waals surface area contributed by atoms with Gasteiger partial charge in [0.1, 0.15) is 18.9 Å². The smallest absolute Gasteiger partial charge is 0.120 e. The molecule has 0 spiro atoms. The second kappa shape index (κ2) is 7.17. The molecule has 0 heterocycles. The van der Waals surface area contributed by atoms with Crippen molar-refractivity contribution in [3.63, 3.8) is 0 Å². The molecule has 0 atom stereocenters. The zero-order valence-electron chi connectivity index (χ0n) is 11.1. The van der Waals surface area contributed by atoms with Crippen LogP contribution in [-0.2, 0) is 13.2 Å². The van der Waals surface area contributed by atoms with Crippen molar-refractivity contribution in [2.75, 3.05) is 6.54 Å². The van der Waals surface area contributed by atoms with Crippen molar-refractivity contribution in [3.05, 3.63) is 64.7 Å². The second-order valence-corrected chi connectivity index (χ2v) is 4.84. The number of quaternary nitrogens is 1. The third kappa shape index (κ3) is 4.27. The van der Waals surface area contributed by atoms with Crippen LogP contribution in [0.15, 0.2) is 48.5 Å². The minimum absolute atomic E-state index is 0.501. The van der Waals surface area contributed by atoms with Crippen molar-refractivity contribution in [1.29, 1.82) is 0 Å². The van der Waals surface area contributed by atoms with Gasteiger partial charge >= 0.3 is 0 Å². The molecule has 2 aromatic carbocycles. The summed E-state index contributed by atoms with van der Waals surface area (Å²) in [5.41, 5.74) is 2.29. The van der Waals surface area contributed by atoms with Crippen LogP contribution < -0.4 is 10.1 Å². The molecule has 100 valence electrons. The summed E-state index contributed by atoms with van der Waals surface area (Å²) in [5.74, 6) is 0.891. The van der Waals surface area contributed by atoms with Gasteiger partial charge < -0.3 is 10.1 Å². The number of hydrogen-bond acceptors (Lipinski definition) is 1. The molecule has 3 heteroatoms. The molecule has 0 amide bonds. The molecule has 2 rings (SSSR count). The van der Waals surface area contributed by atoms with E-state index in [9.17, 15) is 0 Å². The summed E-state index contributed by atoms with van der Waals surface area (Å²) in [4.78, 5) is 0. The van der Waals surface area contributed by atoms with Gasteiger partial charge in [0, 0.05) is 16.1 Å². The van der Waals surface area contributed by atoms with E-state index in [2.05, 4.69) is 24.4 Å². The largest absolute Gasteiger partial charge is 0.489 e. The maximum Gasteiger partial charge on any atom is 0.120 e. The molecule has 2 N–H and O–H groups in total. The first kappa shape index (κ1) is 13.9. The Morgan fingerprint density at radius 2 is 1.95 bits per heavy atom. The molecule has 0 saturated carbocycles. The van der Waals surface area contributed by atoms with Crippen LogP contribution in [0.5, 0.6) is 5.75 Å². The van der Waals surface area contributed by atoms with Gasteiger partial charge in [-0.05, 0) is 25.1 Å². The molecule has 0 aliphatic carbocycles. The summed E-state index contributed by atoms with van der Waals surface area (Å²) in [6.07, 6.45) is 0. The first-order valence-corrected chi connectivity index (χ1v) is 6.94. The van der Waals surface area contributed by atoms with E-state index in [-0.39, 0.29) is 0 Å². The summed E-state index contributed by atoms with van der Waals surface area (Å²) in [5, 5.41) is 3.01. The van der Waals surface area contributed by atoms with Gasteiger partial charge in [0.05, 0.1) is 6.54 Å². The van der Waals surface area contributed by atoms with E-state index in [0.29, 0.717) is 6.61 Å². The van der Waals surface area contributed by atoms with Crippen molar-refractivity contribution in [2.24, 2.45) is 0 Å². The molecular formula is C16H19ClNO+. The Bertz CT molecular complexity index is 528. The normalized spacial score (nSPS) is 10.4. The fourth-order valence-corrected chi connectivity index (χ4v) is 2.04. The zero-order valence-corrected chi connectivity index (χ0v) is 11.9. The third-order valence-corrected chi connectivity index (χ3v) is 3.29. The topological polar surface area (TPSA) is 25.8 Å². The van der Waals surface area contributed by atoms with Crippen LogP contribution in [0.1, 0.15) is 18.1 Å². The fraction of sp³-hybridized carbons (Fsp3) is 0.250. The average Bonchev–Trinajstić information content (AvgIpc) is 2.45. The number of nitrogens with two attached hydrogens (primary N) is 1. The molecular weight excluding hydrogens is 258 g/mol. The lowest BCUT2D eigenvalue weighted by Gasteiger charge is -2.08. The summed E-state index contributed by atoms with van der Waals surface area (Å²) in [7, 11) is 0. The van der Waals surface area contributed by atoms with E-state index >= 15 is 0 Å². The first-order chi connectivity index (χ1) is 9.29. The predicted octanol–water partition coefficient (Wildman–Crippen LogP) is 3.00. The Labute approximate surface area is 119 Å². The van der Waals surface area contributed by atoms with Gasteiger partial charge in [-0.3, -0.25) is 0 Å². The number of halogens is 1. The lowest BCUT2D eigenvalue weighted by Crippen LogP contribution is -2.81. The van der Waals surface area contributed by atoms with Crippen molar-refractivity contribution in [1.82, 2.24) is 0 Å². The molecule has 0 aliphatic heterocycles. The van der Waals surface area contributed by atoms with Crippen LogP contribution in [0.4, 0.5) is 0 Å². The molecule has 0 saturated heterocycles. The molecule has 2 aromatic rings. The fourth-order valence-electron chi connectivity index (χ4n) is 1.85. The minimum atomic E-state index is 0.501. The molecule has 0 radical (unpaired) electrons. The van der Waals surface area contributed by atoms with E-state index in [1.54, 1.807) is 0 Å². The van der Waals surface area contributed by atoms with Gasteiger partial charge in [0.25, 0.3) is 0 Å². The van der Waals surface area contributed by atoms with Crippen molar-refractivity contribution in [2.45, 2.75) is 20.1 Å². The number of hydrogen-bond donors (Lipinski definition) is 1. The Morgan fingerprint density at radius 3 is 2.74 bits per heavy atom. The quantitative estimate of drug-likeness (QED) is 0.862. The van der Waals surface area contributed by atoms with Gasteiger partial charge in [0.15, 0.2) is 0 Å². The highest BCUT2D eigenvalue weighted by Gasteiger charge is 2.02. The molecule has 19 heavy (non-hydrogen) atoms. The average molecular weight is 277 g/mol. The highest BCUT2D eigenvalue weighted by atomic mass is 35.5. The van der Waals surface area contributed by atoms with Gasteiger partial charge in [-0.25, -0.2) is 0 Å². The van der Waals surface area contributed by atoms with E-state index in [4.69, 9.17) is 16.3 Å². The van der Waals surface area contributed by atoms with Crippen LogP contribution in [0.25, 0.3) is 0 Å². The monoisotopic (exact) mass is 276 g/mol. The molecule has 0 aromatic heterocycles. The van der Waals surface area contributed by atoms with Gasteiger partial charge in [0.2, 0.25) is 0 Å². The maximum atomic E-state index is 6.11. The Morgan fingerprint density at radius 1 is 1.11 bits per heavy atom. The minimum Gasteiger partial charge on any atom is -0.489 e. The molecule has 0 bridgehead atoms. The Balaban J connectivity index is 1.98. The lowest BCUT2D eigenvalue weighted by atomic mass is 10.2. The van der Waals surface area contributed by atoms with Crippen LogP contribution >= 0.6 is 11.6 Å². The van der Waals surface area contributed by atoms with E-state index in [0.717, 1.165) is 29.4 Å². The molecule has 2 nitrogen and oxygen atoms in total. The maximum absolute atomic E-state index is 6.11. The standard InChI is InChI=1S/C16H18ClNO/c1-2-18-11-13-6-5-8-15(10-13)19-12-14-7-3-4-9-16(14)17/h3-10,18H,2,11-12H2,1H3/p+1. The highest BCUT2D eigenvalue weighted by molar-refractivity contribution is 6.31. The number of rotatable bonds is 6. The predicted molar refractivity (Wildman–Crippen MR) is 78.4 cm³/mol. The van der Waals surface area contributed by atoms with Crippen LogP contribution in [0, 0.1) is 0 Å². The van der Waals surface area contributed by atoms with Crippen molar-refractivity contribution < 1.29 is 10.1 Å². The van der Waals surface area contributed by atoms with Gasteiger partial charge in [-0.2, -0.15) is 0 Å². The van der Waals surface area contributed by atoms with Crippen LogP contribution in [0.3, 0.4) is 0 Å². The summed E-state index contributed by atoms with van der Waals surface area (Å²) >= 11 is 6.11. The summed E-state index contributed by atoms with van der Waals surface area (Å²) in [6.45, 7) is 4.73. The SMILES string of the molecule is CC[NH2+]Cc1cccc(OCc2ccccc2Cl)c1. The molecule has 0 fully saturated rings. The van der Waals surface area contributed by atoms with Crippen molar-refractivity contribution >= 4 is 11.6 Å². The van der Waals surface area contributed by atoms with Crippen LogP contribution in [-0.4, -0.2) is 6.54 Å². The van der Waals surface area contributed by atoms with E-state index in [1.807, 2.05) is 36.4 Å². The second-order valence-electron chi connectivity index (χ2n) is 4.43. The highest BCUT2D eigenvalue weighted by Crippen LogP contribution is 2.19. The molecule has 0 unspecified atom stereocenters. The zero-order chi connectivity index (χ0) is 13.5. The lowest BCUT2D eigenvalue weighted by molar-refractivity contribution is -0.667. The number of ether oxygens (including phenoxy) is 1.